The first-order valence-corrected chi connectivity index (χ1v) is 10.1. The number of benzene rings is 2. The van der Waals surface area contributed by atoms with Crippen molar-refractivity contribution in [3.63, 3.8) is 0 Å². The molecule has 4 rings (SSSR count). The molecule has 1 fully saturated rings. The van der Waals surface area contributed by atoms with Crippen LogP contribution in [0.15, 0.2) is 40.2 Å². The minimum Gasteiger partial charge on any atom is -0.454 e. The molecule has 0 N–H and O–H groups in total. The summed E-state index contributed by atoms with van der Waals surface area (Å²) in [6.45, 7) is 8.85. The Labute approximate surface area is 169 Å². The Bertz CT molecular complexity index is 1030. The van der Waals surface area contributed by atoms with Gasteiger partial charge in [0.15, 0.2) is 16.7 Å². The fourth-order valence-electron chi connectivity index (χ4n) is 3.17. The smallest absolute Gasteiger partial charge is 0.266 e. The highest BCUT2D eigenvalue weighted by molar-refractivity contribution is 8.18. The second-order valence-electron chi connectivity index (χ2n) is 6.91. The van der Waals surface area contributed by atoms with Gasteiger partial charge in [0, 0.05) is 6.54 Å². The Kier molecular flexibility index (Phi) is 4.89. The Balaban J connectivity index is 1.71. The number of fused-ring (bicyclic) bond motifs is 1. The number of ether oxygens (including phenoxy) is 2. The summed E-state index contributed by atoms with van der Waals surface area (Å²) in [5.41, 5.74) is 5.12. The Morgan fingerprint density at radius 2 is 1.86 bits per heavy atom. The van der Waals surface area contributed by atoms with E-state index in [0.29, 0.717) is 22.4 Å². The predicted octanol–water partition coefficient (Wildman–Crippen LogP) is 4.96. The van der Waals surface area contributed by atoms with E-state index in [1.807, 2.05) is 52.0 Å². The summed E-state index contributed by atoms with van der Waals surface area (Å²) < 4.78 is 10.9. The van der Waals surface area contributed by atoms with Crippen LogP contribution < -0.4 is 9.47 Å². The summed E-state index contributed by atoms with van der Waals surface area (Å²) in [4.78, 5) is 20.1. The quantitative estimate of drug-likeness (QED) is 0.690. The number of carbonyl (C=O) groups excluding carboxylic acids is 1. The molecular weight excluding hydrogens is 372 g/mol. The molecule has 144 valence electrons. The Morgan fingerprint density at radius 3 is 2.61 bits per heavy atom. The average molecular weight is 394 g/mol. The van der Waals surface area contributed by atoms with Gasteiger partial charge < -0.3 is 9.47 Å². The van der Waals surface area contributed by atoms with Gasteiger partial charge in [-0.05, 0) is 86.0 Å². The minimum atomic E-state index is -0.0198. The molecule has 5 nitrogen and oxygen atoms in total. The van der Waals surface area contributed by atoms with Crippen LogP contribution in [0, 0.1) is 20.8 Å². The van der Waals surface area contributed by atoms with Gasteiger partial charge in [0.1, 0.15) is 0 Å². The molecule has 2 aromatic carbocycles. The van der Waals surface area contributed by atoms with Crippen molar-refractivity contribution in [3.8, 4) is 11.5 Å². The van der Waals surface area contributed by atoms with E-state index in [4.69, 9.17) is 14.5 Å². The number of rotatable bonds is 3. The van der Waals surface area contributed by atoms with Gasteiger partial charge in [0.25, 0.3) is 5.91 Å². The molecule has 0 unspecified atom stereocenters. The van der Waals surface area contributed by atoms with Gasteiger partial charge in [0.2, 0.25) is 6.79 Å². The van der Waals surface area contributed by atoms with Crippen molar-refractivity contribution < 1.29 is 14.3 Å². The third-order valence-electron chi connectivity index (χ3n) is 4.83. The number of likely N-dealkylation sites (N-methyl/N-ethyl adjacent to an activating group) is 1. The van der Waals surface area contributed by atoms with Crippen molar-refractivity contribution in [2.45, 2.75) is 27.7 Å². The summed E-state index contributed by atoms with van der Waals surface area (Å²) in [5, 5.41) is 0.714. The lowest BCUT2D eigenvalue weighted by atomic mass is 10.1. The van der Waals surface area contributed by atoms with Crippen LogP contribution in [-0.2, 0) is 4.79 Å². The van der Waals surface area contributed by atoms with Crippen molar-refractivity contribution in [3.05, 3.63) is 57.5 Å². The molecule has 0 saturated carbocycles. The van der Waals surface area contributed by atoms with Crippen molar-refractivity contribution in [2.24, 2.45) is 4.99 Å². The molecule has 0 bridgehead atoms. The maximum absolute atomic E-state index is 12.9. The van der Waals surface area contributed by atoms with Gasteiger partial charge in [-0.2, -0.15) is 0 Å². The first-order chi connectivity index (χ1) is 13.5. The van der Waals surface area contributed by atoms with E-state index in [9.17, 15) is 4.79 Å². The predicted molar refractivity (Wildman–Crippen MR) is 113 cm³/mol. The number of carbonyl (C=O) groups is 1. The topological polar surface area (TPSA) is 51.1 Å². The lowest BCUT2D eigenvalue weighted by Crippen LogP contribution is -2.28. The number of nitrogens with zero attached hydrogens (tertiary/aromatic N) is 2. The van der Waals surface area contributed by atoms with Gasteiger partial charge in [-0.15, -0.1) is 0 Å². The Morgan fingerprint density at radius 1 is 1.11 bits per heavy atom. The van der Waals surface area contributed by atoms with E-state index in [0.717, 1.165) is 33.7 Å². The molecule has 0 spiro atoms. The van der Waals surface area contributed by atoms with E-state index >= 15 is 0 Å². The van der Waals surface area contributed by atoms with Crippen LogP contribution in [0.3, 0.4) is 0 Å². The summed E-state index contributed by atoms with van der Waals surface area (Å²) in [5.74, 6) is 1.44. The number of aryl methyl sites for hydroxylation is 3. The molecule has 0 radical (unpaired) electrons. The fourth-order valence-corrected chi connectivity index (χ4v) is 4.22. The molecule has 0 aromatic heterocycles. The van der Waals surface area contributed by atoms with E-state index in [2.05, 4.69) is 12.1 Å². The zero-order valence-electron chi connectivity index (χ0n) is 16.4. The SMILES string of the molecule is CCN1C(=O)/C(=C\c2cc3c(cc2C)OCO3)SC1=Nc1cc(C)ccc1C. The molecule has 28 heavy (non-hydrogen) atoms. The van der Waals surface area contributed by atoms with Crippen LogP contribution in [0.2, 0.25) is 0 Å². The lowest BCUT2D eigenvalue weighted by molar-refractivity contribution is -0.122. The van der Waals surface area contributed by atoms with Crippen molar-refractivity contribution in [1.29, 1.82) is 0 Å². The maximum Gasteiger partial charge on any atom is 0.266 e. The fraction of sp³-hybridized carbons (Fsp3) is 0.273. The number of aliphatic imine (C=N–C) groups is 1. The monoisotopic (exact) mass is 394 g/mol. The zero-order chi connectivity index (χ0) is 19.8. The number of amidine groups is 1. The highest BCUT2D eigenvalue weighted by Crippen LogP contribution is 2.38. The highest BCUT2D eigenvalue weighted by Gasteiger charge is 2.32. The van der Waals surface area contributed by atoms with Gasteiger partial charge in [-0.3, -0.25) is 9.69 Å². The Hall–Kier alpha value is -2.73. The van der Waals surface area contributed by atoms with Crippen LogP contribution in [0.25, 0.3) is 6.08 Å². The first-order valence-electron chi connectivity index (χ1n) is 9.24. The maximum atomic E-state index is 12.9. The van der Waals surface area contributed by atoms with Crippen LogP contribution in [0.5, 0.6) is 11.5 Å². The third-order valence-corrected chi connectivity index (χ3v) is 5.84. The van der Waals surface area contributed by atoms with Crippen LogP contribution >= 0.6 is 11.8 Å². The summed E-state index contributed by atoms with van der Waals surface area (Å²) >= 11 is 1.41. The third kappa shape index (κ3) is 3.40. The first kappa shape index (κ1) is 18.6. The molecule has 0 aliphatic carbocycles. The molecular formula is C22H22N2O3S. The van der Waals surface area contributed by atoms with Crippen molar-refractivity contribution in [1.82, 2.24) is 4.90 Å². The lowest BCUT2D eigenvalue weighted by Gasteiger charge is -2.12. The van der Waals surface area contributed by atoms with Gasteiger partial charge >= 0.3 is 0 Å². The number of amides is 1. The molecule has 2 aliphatic heterocycles. The largest absolute Gasteiger partial charge is 0.454 e. The minimum absolute atomic E-state index is 0.0198. The molecule has 2 aromatic rings. The van der Waals surface area contributed by atoms with E-state index in [1.165, 1.54) is 11.8 Å². The number of hydrogen-bond donors (Lipinski definition) is 0. The number of thioether (sulfide) groups is 1. The molecule has 2 aliphatic rings. The molecule has 2 heterocycles. The average Bonchev–Trinajstić information content (AvgIpc) is 3.22. The zero-order valence-corrected chi connectivity index (χ0v) is 17.2. The highest BCUT2D eigenvalue weighted by atomic mass is 32.2. The van der Waals surface area contributed by atoms with Crippen LogP contribution in [-0.4, -0.2) is 29.3 Å². The summed E-state index contributed by atoms with van der Waals surface area (Å²) in [7, 11) is 0. The van der Waals surface area contributed by atoms with Gasteiger partial charge in [0.05, 0.1) is 10.6 Å². The van der Waals surface area contributed by atoms with Crippen LogP contribution in [0.4, 0.5) is 5.69 Å². The standard InChI is InChI=1S/C22H22N2O3S/c1-5-24-21(25)20(11-16-10-19-18(9-15(16)4)26-12-27-19)28-22(24)23-17-8-13(2)6-7-14(17)3/h6-11H,5,12H2,1-4H3/b20-11+,23-22?. The molecule has 0 atom stereocenters. The van der Waals surface area contributed by atoms with E-state index < -0.39 is 0 Å². The molecule has 6 heteroatoms. The van der Waals surface area contributed by atoms with Gasteiger partial charge in [-0.1, -0.05) is 12.1 Å². The van der Waals surface area contributed by atoms with Crippen molar-refractivity contribution >= 4 is 34.6 Å². The van der Waals surface area contributed by atoms with E-state index in [-0.39, 0.29) is 12.7 Å². The second-order valence-corrected chi connectivity index (χ2v) is 7.92. The summed E-state index contributed by atoms with van der Waals surface area (Å²) in [6.07, 6.45) is 1.92. The van der Waals surface area contributed by atoms with E-state index in [1.54, 1.807) is 4.90 Å². The summed E-state index contributed by atoms with van der Waals surface area (Å²) in [6, 6.07) is 10.0. The van der Waals surface area contributed by atoms with Crippen LogP contribution in [0.1, 0.15) is 29.2 Å². The second kappa shape index (κ2) is 7.36. The van der Waals surface area contributed by atoms with Gasteiger partial charge in [-0.25, -0.2) is 4.99 Å². The molecule has 1 amide bonds. The normalized spacial score (nSPS) is 18.6. The number of hydrogen-bond acceptors (Lipinski definition) is 5. The molecule has 1 saturated heterocycles. The van der Waals surface area contributed by atoms with Crippen molar-refractivity contribution in [2.75, 3.05) is 13.3 Å².